The van der Waals surface area contributed by atoms with Gasteiger partial charge in [-0.25, -0.2) is 0 Å². The Hall–Kier alpha value is -3.26. The number of benzene rings is 2. The van der Waals surface area contributed by atoms with Gasteiger partial charge < -0.3 is 15.5 Å². The van der Waals surface area contributed by atoms with E-state index in [1.54, 1.807) is 38.2 Å². The number of hydrogen-bond acceptors (Lipinski definition) is 4. The van der Waals surface area contributed by atoms with Crippen LogP contribution in [-0.2, 0) is 11.3 Å². The highest BCUT2D eigenvalue weighted by Gasteiger charge is 2.24. The number of anilines is 1. The first-order valence-electron chi connectivity index (χ1n) is 8.51. The van der Waals surface area contributed by atoms with Crippen LogP contribution < -0.4 is 15.5 Å². The topological polar surface area (TPSA) is 106 Å². The third kappa shape index (κ3) is 5.11. The van der Waals surface area contributed by atoms with Gasteiger partial charge in [0.25, 0.3) is 17.5 Å². The second-order valence-corrected chi connectivity index (χ2v) is 6.28. The minimum atomic E-state index is -0.523. The lowest BCUT2D eigenvalue weighted by Gasteiger charge is -2.21. The molecule has 0 aliphatic heterocycles. The molecule has 3 N–H and O–H groups in total. The van der Waals surface area contributed by atoms with E-state index in [0.717, 1.165) is 10.5 Å². The summed E-state index contributed by atoms with van der Waals surface area (Å²) in [4.78, 5) is 35.5. The standard InChI is InChI=1S/C19H22N4O4/c1-13(18(24)21-16-6-4-5-7-17(16)23(26)27)22(3)12-14-8-10-15(11-9-14)19(25)20-2/h4-11,13H,12H2,1-3H3,(H,20,25)(H,21,24)/p+1/t13-/m1/s1. The summed E-state index contributed by atoms with van der Waals surface area (Å²) in [6.45, 7) is 2.33. The highest BCUT2D eigenvalue weighted by molar-refractivity contribution is 5.95. The fourth-order valence-electron chi connectivity index (χ4n) is 2.60. The van der Waals surface area contributed by atoms with Crippen LogP contribution in [0, 0.1) is 10.1 Å². The molecule has 0 heterocycles. The molecule has 0 saturated heterocycles. The summed E-state index contributed by atoms with van der Waals surface area (Å²) in [6.07, 6.45) is 0. The van der Waals surface area contributed by atoms with Crippen LogP contribution in [0.25, 0.3) is 0 Å². The summed E-state index contributed by atoms with van der Waals surface area (Å²) >= 11 is 0. The Balaban J connectivity index is 2.02. The van der Waals surface area contributed by atoms with Gasteiger partial charge in [0, 0.05) is 24.2 Å². The first kappa shape index (κ1) is 20.1. The van der Waals surface area contributed by atoms with Crippen LogP contribution >= 0.6 is 0 Å². The van der Waals surface area contributed by atoms with E-state index in [0.29, 0.717) is 12.1 Å². The van der Waals surface area contributed by atoms with Crippen LogP contribution in [0.1, 0.15) is 22.8 Å². The largest absolute Gasteiger partial charge is 0.355 e. The molecule has 0 radical (unpaired) electrons. The summed E-state index contributed by atoms with van der Waals surface area (Å²) in [7, 11) is 3.45. The van der Waals surface area contributed by atoms with Gasteiger partial charge in [0.2, 0.25) is 0 Å². The number of carbonyl (C=O) groups is 2. The summed E-state index contributed by atoms with van der Waals surface area (Å²) in [6, 6.07) is 12.8. The minimum absolute atomic E-state index is 0.138. The Morgan fingerprint density at radius 1 is 1.15 bits per heavy atom. The number of amides is 2. The molecule has 0 saturated carbocycles. The normalized spacial score (nSPS) is 12.7. The molecule has 0 spiro atoms. The molecule has 2 rings (SSSR count). The highest BCUT2D eigenvalue weighted by Crippen LogP contribution is 2.23. The molecule has 0 aliphatic carbocycles. The van der Waals surface area contributed by atoms with Crippen molar-refractivity contribution >= 4 is 23.2 Å². The lowest BCUT2D eigenvalue weighted by Crippen LogP contribution is -3.12. The quantitative estimate of drug-likeness (QED) is 0.499. The first-order valence-corrected chi connectivity index (χ1v) is 8.51. The van der Waals surface area contributed by atoms with E-state index in [1.807, 2.05) is 19.2 Å². The molecule has 142 valence electrons. The summed E-state index contributed by atoms with van der Waals surface area (Å²) in [5.41, 5.74) is 1.59. The number of carbonyl (C=O) groups excluding carboxylic acids is 2. The molecule has 27 heavy (non-hydrogen) atoms. The molecular formula is C19H23N4O4+. The van der Waals surface area contributed by atoms with Crippen LogP contribution in [-0.4, -0.2) is 36.9 Å². The molecule has 2 amide bonds. The van der Waals surface area contributed by atoms with E-state index in [9.17, 15) is 19.7 Å². The van der Waals surface area contributed by atoms with E-state index in [-0.39, 0.29) is 23.2 Å². The van der Waals surface area contributed by atoms with Crippen LogP contribution in [0.3, 0.4) is 0 Å². The smallest absolute Gasteiger partial charge is 0.292 e. The van der Waals surface area contributed by atoms with E-state index in [1.165, 1.54) is 12.1 Å². The van der Waals surface area contributed by atoms with Crippen molar-refractivity contribution in [1.82, 2.24) is 5.32 Å². The first-order chi connectivity index (χ1) is 12.8. The summed E-state index contributed by atoms with van der Waals surface area (Å²) in [5.74, 6) is -0.455. The average Bonchev–Trinajstić information content (AvgIpc) is 2.67. The zero-order valence-electron chi connectivity index (χ0n) is 15.5. The fraction of sp³-hybridized carbons (Fsp3) is 0.263. The number of nitro groups is 1. The number of para-hydroxylation sites is 2. The van der Waals surface area contributed by atoms with Gasteiger partial charge in [-0.3, -0.25) is 19.7 Å². The second kappa shape index (κ2) is 8.91. The number of hydrogen-bond donors (Lipinski definition) is 3. The summed E-state index contributed by atoms with van der Waals surface area (Å²) in [5, 5.41) is 16.3. The SMILES string of the molecule is CNC(=O)c1ccc(C[NH+](C)[C@H](C)C(=O)Nc2ccccc2[N+](=O)[O-])cc1. The van der Waals surface area contributed by atoms with Gasteiger partial charge in [0.15, 0.2) is 6.04 Å². The number of nitro benzene ring substituents is 1. The maximum absolute atomic E-state index is 12.5. The van der Waals surface area contributed by atoms with Crippen LogP contribution in [0.2, 0.25) is 0 Å². The Morgan fingerprint density at radius 3 is 2.37 bits per heavy atom. The molecule has 0 bridgehead atoms. The average molecular weight is 371 g/mol. The zero-order valence-corrected chi connectivity index (χ0v) is 15.5. The van der Waals surface area contributed by atoms with Crippen LogP contribution in [0.5, 0.6) is 0 Å². The molecule has 0 fully saturated rings. The number of rotatable bonds is 7. The van der Waals surface area contributed by atoms with Gasteiger partial charge in [-0.2, -0.15) is 0 Å². The van der Waals surface area contributed by atoms with Gasteiger partial charge >= 0.3 is 0 Å². The number of likely N-dealkylation sites (N-methyl/N-ethyl adjacent to an activating group) is 1. The number of nitrogens with one attached hydrogen (secondary N) is 3. The van der Waals surface area contributed by atoms with Crippen molar-refractivity contribution < 1.29 is 19.4 Å². The van der Waals surface area contributed by atoms with Crippen LogP contribution in [0.15, 0.2) is 48.5 Å². The monoisotopic (exact) mass is 371 g/mol. The van der Waals surface area contributed by atoms with Crippen LogP contribution in [0.4, 0.5) is 11.4 Å². The maximum Gasteiger partial charge on any atom is 0.292 e. The lowest BCUT2D eigenvalue weighted by molar-refractivity contribution is -0.907. The molecule has 2 aromatic carbocycles. The molecular weight excluding hydrogens is 348 g/mol. The Bertz CT molecular complexity index is 836. The van der Waals surface area contributed by atoms with Gasteiger partial charge in [-0.1, -0.05) is 24.3 Å². The third-order valence-corrected chi connectivity index (χ3v) is 4.42. The van der Waals surface area contributed by atoms with Crippen molar-refractivity contribution in [3.8, 4) is 0 Å². The van der Waals surface area contributed by atoms with Crippen molar-refractivity contribution in [2.45, 2.75) is 19.5 Å². The predicted molar refractivity (Wildman–Crippen MR) is 102 cm³/mol. The molecule has 0 aliphatic rings. The van der Waals surface area contributed by atoms with E-state index >= 15 is 0 Å². The van der Waals surface area contributed by atoms with Gasteiger partial charge in [0.05, 0.1) is 12.0 Å². The predicted octanol–water partition coefficient (Wildman–Crippen LogP) is 0.996. The van der Waals surface area contributed by atoms with Gasteiger partial charge in [-0.15, -0.1) is 0 Å². The van der Waals surface area contributed by atoms with Crippen molar-refractivity contribution in [1.29, 1.82) is 0 Å². The molecule has 1 unspecified atom stereocenters. The van der Waals surface area contributed by atoms with E-state index in [2.05, 4.69) is 10.6 Å². The van der Waals surface area contributed by atoms with E-state index in [4.69, 9.17) is 0 Å². The van der Waals surface area contributed by atoms with Gasteiger partial charge in [0.1, 0.15) is 12.2 Å². The fourth-order valence-corrected chi connectivity index (χ4v) is 2.60. The van der Waals surface area contributed by atoms with Crippen molar-refractivity contribution in [3.63, 3.8) is 0 Å². The zero-order chi connectivity index (χ0) is 20.0. The van der Waals surface area contributed by atoms with Crippen molar-refractivity contribution in [3.05, 3.63) is 69.8 Å². The van der Waals surface area contributed by atoms with Crippen molar-refractivity contribution in [2.75, 3.05) is 19.4 Å². The minimum Gasteiger partial charge on any atom is -0.355 e. The Kier molecular flexibility index (Phi) is 6.62. The number of quaternary nitrogens is 1. The lowest BCUT2D eigenvalue weighted by atomic mass is 10.1. The second-order valence-electron chi connectivity index (χ2n) is 6.28. The maximum atomic E-state index is 12.5. The molecule has 8 nitrogen and oxygen atoms in total. The Morgan fingerprint density at radius 2 is 1.78 bits per heavy atom. The molecule has 8 heteroatoms. The molecule has 0 aromatic heterocycles. The number of nitrogens with zero attached hydrogens (tertiary/aromatic N) is 1. The Labute approximate surface area is 157 Å². The highest BCUT2D eigenvalue weighted by atomic mass is 16.6. The van der Waals surface area contributed by atoms with Crippen molar-refractivity contribution in [2.24, 2.45) is 0 Å². The molecule has 2 atom stereocenters. The van der Waals surface area contributed by atoms with Gasteiger partial charge in [-0.05, 0) is 25.1 Å². The van der Waals surface area contributed by atoms with E-state index < -0.39 is 11.0 Å². The summed E-state index contributed by atoms with van der Waals surface area (Å²) < 4.78 is 0. The molecule has 2 aromatic rings. The third-order valence-electron chi connectivity index (χ3n) is 4.42.